The summed E-state index contributed by atoms with van der Waals surface area (Å²) in [7, 11) is 2.02. The first kappa shape index (κ1) is 12.8. The minimum absolute atomic E-state index is 0.569. The third kappa shape index (κ3) is 2.80. The zero-order valence-electron chi connectivity index (χ0n) is 10.5. The van der Waals surface area contributed by atoms with E-state index in [-0.39, 0.29) is 0 Å². The first-order valence-electron chi connectivity index (χ1n) is 6.26. The van der Waals surface area contributed by atoms with E-state index in [0.717, 1.165) is 23.4 Å². The van der Waals surface area contributed by atoms with E-state index in [1.807, 2.05) is 19.3 Å². The van der Waals surface area contributed by atoms with Crippen molar-refractivity contribution in [2.24, 2.45) is 0 Å². The molecule has 4 heteroatoms. The summed E-state index contributed by atoms with van der Waals surface area (Å²) in [6, 6.07) is 2.62. The summed E-state index contributed by atoms with van der Waals surface area (Å²) < 4.78 is 1.14. The molecule has 3 nitrogen and oxygen atoms in total. The molecule has 1 saturated heterocycles. The molecule has 0 radical (unpaired) electrons. The maximum Gasteiger partial charge on any atom is 0.143 e. The van der Waals surface area contributed by atoms with Crippen LogP contribution in [-0.4, -0.2) is 31.2 Å². The van der Waals surface area contributed by atoms with Crippen molar-refractivity contribution in [1.82, 2.24) is 10.3 Å². The molecule has 0 aromatic carbocycles. The topological polar surface area (TPSA) is 28.2 Å². The number of rotatable bonds is 3. The largest absolute Gasteiger partial charge is 0.351 e. The molecule has 1 aromatic rings. The van der Waals surface area contributed by atoms with Crippen molar-refractivity contribution in [3.05, 3.63) is 22.3 Å². The van der Waals surface area contributed by atoms with E-state index in [2.05, 4.69) is 38.1 Å². The summed E-state index contributed by atoms with van der Waals surface area (Å²) in [4.78, 5) is 6.99. The predicted octanol–water partition coefficient (Wildman–Crippen LogP) is 2.73. The van der Waals surface area contributed by atoms with Gasteiger partial charge in [-0.05, 0) is 60.8 Å². The predicted molar refractivity (Wildman–Crippen MR) is 75.6 cm³/mol. The van der Waals surface area contributed by atoms with E-state index >= 15 is 0 Å². The summed E-state index contributed by atoms with van der Waals surface area (Å²) >= 11 is 3.67. The average Bonchev–Trinajstić information content (AvgIpc) is 2.34. The third-order valence-electron chi connectivity index (χ3n) is 3.40. The average molecular weight is 298 g/mol. The van der Waals surface area contributed by atoms with Crippen molar-refractivity contribution < 1.29 is 0 Å². The Hall–Kier alpha value is -0.610. The van der Waals surface area contributed by atoms with Gasteiger partial charge >= 0.3 is 0 Å². The van der Waals surface area contributed by atoms with Crippen molar-refractivity contribution in [2.45, 2.75) is 32.2 Å². The van der Waals surface area contributed by atoms with Crippen LogP contribution in [0.3, 0.4) is 0 Å². The van der Waals surface area contributed by atoms with Crippen molar-refractivity contribution in [3.8, 4) is 0 Å². The number of piperidine rings is 1. The van der Waals surface area contributed by atoms with Gasteiger partial charge in [0.2, 0.25) is 0 Å². The van der Waals surface area contributed by atoms with Gasteiger partial charge in [0.1, 0.15) is 5.82 Å². The normalized spacial score (nSPS) is 20.6. The first-order valence-corrected chi connectivity index (χ1v) is 7.05. The highest BCUT2D eigenvalue weighted by molar-refractivity contribution is 9.10. The Bertz CT molecular complexity index is 379. The fourth-order valence-electron chi connectivity index (χ4n) is 2.45. The molecule has 2 rings (SSSR count). The lowest BCUT2D eigenvalue weighted by Crippen LogP contribution is -2.45. The monoisotopic (exact) mass is 297 g/mol. The van der Waals surface area contributed by atoms with Gasteiger partial charge in [-0.25, -0.2) is 4.98 Å². The number of nitrogens with zero attached hydrogens (tertiary/aromatic N) is 2. The highest BCUT2D eigenvalue weighted by Gasteiger charge is 2.24. The zero-order chi connectivity index (χ0) is 12.3. The molecular formula is C13H20BrN3. The van der Waals surface area contributed by atoms with Gasteiger partial charge in [-0.2, -0.15) is 0 Å². The molecule has 0 spiro atoms. The van der Waals surface area contributed by atoms with E-state index in [1.165, 1.54) is 24.8 Å². The highest BCUT2D eigenvalue weighted by atomic mass is 79.9. The maximum absolute atomic E-state index is 4.55. The van der Waals surface area contributed by atoms with Crippen LogP contribution in [0.25, 0.3) is 0 Å². The molecule has 0 amide bonds. The number of halogens is 1. The van der Waals surface area contributed by atoms with E-state index in [0.29, 0.717) is 6.04 Å². The Morgan fingerprint density at radius 2 is 2.35 bits per heavy atom. The van der Waals surface area contributed by atoms with Crippen molar-refractivity contribution in [3.63, 3.8) is 0 Å². The van der Waals surface area contributed by atoms with Crippen molar-refractivity contribution >= 4 is 21.7 Å². The molecule has 94 valence electrons. The van der Waals surface area contributed by atoms with Gasteiger partial charge in [0, 0.05) is 25.3 Å². The molecule has 1 aliphatic rings. The van der Waals surface area contributed by atoms with Crippen LogP contribution in [0.2, 0.25) is 0 Å². The standard InChI is InChI=1S/C13H20BrN3/c1-10-6-7-16-13(12(10)14)17-8-4-3-5-11(17)9-15-2/h6-7,11,15H,3-5,8-9H2,1-2H3. The lowest BCUT2D eigenvalue weighted by Gasteiger charge is -2.37. The SMILES string of the molecule is CNCC1CCCCN1c1nccc(C)c1Br. The fraction of sp³-hybridized carbons (Fsp3) is 0.615. The molecule has 1 aromatic heterocycles. The highest BCUT2D eigenvalue weighted by Crippen LogP contribution is 2.31. The maximum atomic E-state index is 4.55. The van der Waals surface area contributed by atoms with Crippen LogP contribution < -0.4 is 10.2 Å². The number of nitrogens with one attached hydrogen (secondary N) is 1. The summed E-state index contributed by atoms with van der Waals surface area (Å²) in [5.41, 5.74) is 1.25. The van der Waals surface area contributed by atoms with Crippen LogP contribution >= 0.6 is 15.9 Å². The van der Waals surface area contributed by atoms with E-state index in [4.69, 9.17) is 0 Å². The number of pyridine rings is 1. The lowest BCUT2D eigenvalue weighted by atomic mass is 10.0. The van der Waals surface area contributed by atoms with E-state index in [9.17, 15) is 0 Å². The van der Waals surface area contributed by atoms with Crippen molar-refractivity contribution in [1.29, 1.82) is 0 Å². The molecule has 1 fully saturated rings. The van der Waals surface area contributed by atoms with Crippen molar-refractivity contribution in [2.75, 3.05) is 25.0 Å². The Labute approximate surface area is 112 Å². The van der Waals surface area contributed by atoms with E-state index in [1.54, 1.807) is 0 Å². The molecule has 2 heterocycles. The molecular weight excluding hydrogens is 278 g/mol. The van der Waals surface area contributed by atoms with Gasteiger partial charge in [-0.15, -0.1) is 0 Å². The second-order valence-electron chi connectivity index (χ2n) is 4.67. The molecule has 1 aliphatic heterocycles. The molecule has 0 saturated carbocycles. The Balaban J connectivity index is 2.26. The Morgan fingerprint density at radius 3 is 3.12 bits per heavy atom. The Morgan fingerprint density at radius 1 is 1.53 bits per heavy atom. The number of aryl methyl sites for hydroxylation is 1. The second kappa shape index (κ2) is 5.83. The molecule has 1 N–H and O–H groups in total. The summed E-state index contributed by atoms with van der Waals surface area (Å²) in [6.07, 6.45) is 5.75. The van der Waals surface area contributed by atoms with Gasteiger partial charge in [0.05, 0.1) is 4.47 Å². The summed E-state index contributed by atoms with van der Waals surface area (Å²) in [6.45, 7) is 4.26. The zero-order valence-corrected chi connectivity index (χ0v) is 12.1. The minimum atomic E-state index is 0.569. The van der Waals surface area contributed by atoms with Crippen LogP contribution in [-0.2, 0) is 0 Å². The van der Waals surface area contributed by atoms with Crippen LogP contribution in [0, 0.1) is 6.92 Å². The molecule has 1 atom stereocenters. The van der Waals surface area contributed by atoms with Crippen LogP contribution in [0.4, 0.5) is 5.82 Å². The van der Waals surface area contributed by atoms with Gasteiger partial charge in [0.15, 0.2) is 0 Å². The minimum Gasteiger partial charge on any atom is -0.351 e. The molecule has 1 unspecified atom stereocenters. The van der Waals surface area contributed by atoms with E-state index < -0.39 is 0 Å². The van der Waals surface area contributed by atoms with Gasteiger partial charge in [-0.1, -0.05) is 0 Å². The van der Waals surface area contributed by atoms with Gasteiger partial charge < -0.3 is 10.2 Å². The summed E-state index contributed by atoms with van der Waals surface area (Å²) in [5, 5.41) is 3.29. The first-order chi connectivity index (χ1) is 8.24. The molecule has 0 bridgehead atoms. The van der Waals surface area contributed by atoms with Crippen LogP contribution in [0.5, 0.6) is 0 Å². The number of likely N-dealkylation sites (N-methyl/N-ethyl adjacent to an activating group) is 1. The van der Waals surface area contributed by atoms with Crippen LogP contribution in [0.1, 0.15) is 24.8 Å². The quantitative estimate of drug-likeness (QED) is 0.930. The number of anilines is 1. The Kier molecular flexibility index (Phi) is 4.40. The summed E-state index contributed by atoms with van der Waals surface area (Å²) in [5.74, 6) is 1.10. The number of hydrogen-bond acceptors (Lipinski definition) is 3. The van der Waals surface area contributed by atoms with Gasteiger partial charge in [0.25, 0.3) is 0 Å². The molecule has 17 heavy (non-hydrogen) atoms. The smallest absolute Gasteiger partial charge is 0.143 e. The molecule has 0 aliphatic carbocycles. The second-order valence-corrected chi connectivity index (χ2v) is 5.46. The number of hydrogen-bond donors (Lipinski definition) is 1. The van der Waals surface area contributed by atoms with Crippen LogP contribution in [0.15, 0.2) is 16.7 Å². The number of aromatic nitrogens is 1. The third-order valence-corrected chi connectivity index (χ3v) is 4.38. The fourth-order valence-corrected chi connectivity index (χ4v) is 2.92. The lowest BCUT2D eigenvalue weighted by molar-refractivity contribution is 0.443. The van der Waals surface area contributed by atoms with Gasteiger partial charge in [-0.3, -0.25) is 0 Å².